The Balaban J connectivity index is 1.34. The Morgan fingerprint density at radius 2 is 2.30 bits per heavy atom. The monoisotopic (exact) mass is 319 g/mol. The zero-order chi connectivity index (χ0) is 15.7. The molecule has 3 fully saturated rings. The van der Waals surface area contributed by atoms with Crippen molar-refractivity contribution in [2.24, 2.45) is 0 Å². The van der Waals surface area contributed by atoms with Gasteiger partial charge in [0.25, 0.3) is 0 Å². The number of nitrogens with zero attached hydrogens (tertiary/aromatic N) is 3. The van der Waals surface area contributed by atoms with Crippen LogP contribution in [-0.4, -0.2) is 64.8 Å². The summed E-state index contributed by atoms with van der Waals surface area (Å²) in [7, 11) is 0. The summed E-state index contributed by atoms with van der Waals surface area (Å²) < 4.78 is 11.8. The average molecular weight is 319 g/mol. The van der Waals surface area contributed by atoms with Gasteiger partial charge >= 0.3 is 6.01 Å². The molecule has 0 aliphatic carbocycles. The fourth-order valence-corrected chi connectivity index (χ4v) is 3.58. The second-order valence-electron chi connectivity index (χ2n) is 6.39. The number of likely N-dealkylation sites (tertiary alicyclic amines) is 1. The van der Waals surface area contributed by atoms with Gasteiger partial charge in [0, 0.05) is 38.4 Å². The van der Waals surface area contributed by atoms with Gasteiger partial charge in [-0.2, -0.15) is 0 Å². The average Bonchev–Trinajstić information content (AvgIpc) is 3.31. The maximum Gasteiger partial charge on any atom is 0.316 e. The van der Waals surface area contributed by atoms with Crippen LogP contribution in [0.2, 0.25) is 0 Å². The van der Waals surface area contributed by atoms with Crippen LogP contribution in [0.4, 0.5) is 0 Å². The number of rotatable bonds is 3. The third-order valence-corrected chi connectivity index (χ3v) is 4.75. The molecule has 8 heteroatoms. The molecule has 3 saturated heterocycles. The molecule has 1 spiro atoms. The molecule has 3 aliphatic rings. The van der Waals surface area contributed by atoms with Gasteiger partial charge in [0.2, 0.25) is 5.91 Å². The molecule has 1 aromatic rings. The van der Waals surface area contributed by atoms with Gasteiger partial charge in [0.05, 0.1) is 12.2 Å². The van der Waals surface area contributed by atoms with Gasteiger partial charge < -0.3 is 14.4 Å². The molecule has 1 aromatic heterocycles. The standard InChI is InChI=1S/C15H21N5O3/c21-13(12-2-6-18-19-12)20-7-3-15(10-20)8-11(9-22-15)23-14-16-4-1-5-17-14/h1,4-5,11-12,18-19H,2-3,6-10H2. The molecule has 0 radical (unpaired) electrons. The summed E-state index contributed by atoms with van der Waals surface area (Å²) in [6, 6.07) is 2.02. The number of carbonyl (C=O) groups excluding carboxylic acids is 1. The Morgan fingerprint density at radius 1 is 1.43 bits per heavy atom. The van der Waals surface area contributed by atoms with Crippen molar-refractivity contribution in [3.05, 3.63) is 18.5 Å². The third kappa shape index (κ3) is 3.01. The molecule has 0 saturated carbocycles. The van der Waals surface area contributed by atoms with E-state index in [1.165, 1.54) is 0 Å². The SMILES string of the molecule is O=C(C1CCNN1)N1CCC2(CC(Oc3ncccn3)CO2)C1. The lowest BCUT2D eigenvalue weighted by atomic mass is 9.98. The molecule has 2 N–H and O–H groups in total. The van der Waals surface area contributed by atoms with Crippen LogP contribution in [0.25, 0.3) is 0 Å². The molecule has 3 aliphatic heterocycles. The summed E-state index contributed by atoms with van der Waals surface area (Å²) in [6.07, 6.45) is 5.72. The second-order valence-corrected chi connectivity index (χ2v) is 6.39. The largest absolute Gasteiger partial charge is 0.458 e. The lowest BCUT2D eigenvalue weighted by Crippen LogP contribution is -2.46. The Labute approximate surface area is 134 Å². The van der Waals surface area contributed by atoms with Crippen molar-refractivity contribution in [1.29, 1.82) is 0 Å². The molecule has 23 heavy (non-hydrogen) atoms. The van der Waals surface area contributed by atoms with E-state index in [4.69, 9.17) is 9.47 Å². The summed E-state index contributed by atoms with van der Waals surface area (Å²) in [4.78, 5) is 22.6. The van der Waals surface area contributed by atoms with Gasteiger partial charge in [-0.3, -0.25) is 10.2 Å². The number of carbonyl (C=O) groups is 1. The number of hydrogen-bond acceptors (Lipinski definition) is 7. The number of aromatic nitrogens is 2. The molecule has 0 bridgehead atoms. The van der Waals surface area contributed by atoms with Gasteiger partial charge in [-0.15, -0.1) is 0 Å². The van der Waals surface area contributed by atoms with Crippen LogP contribution < -0.4 is 15.6 Å². The van der Waals surface area contributed by atoms with Crippen molar-refractivity contribution in [3.63, 3.8) is 0 Å². The van der Waals surface area contributed by atoms with Gasteiger partial charge in [-0.25, -0.2) is 15.4 Å². The Kier molecular flexibility index (Phi) is 3.88. The molecular weight excluding hydrogens is 298 g/mol. The minimum absolute atomic E-state index is 0.0567. The smallest absolute Gasteiger partial charge is 0.316 e. The fourth-order valence-electron chi connectivity index (χ4n) is 3.58. The summed E-state index contributed by atoms with van der Waals surface area (Å²) in [5.41, 5.74) is 5.76. The summed E-state index contributed by atoms with van der Waals surface area (Å²) in [5.74, 6) is 0.159. The lowest BCUT2D eigenvalue weighted by Gasteiger charge is -2.24. The third-order valence-electron chi connectivity index (χ3n) is 4.75. The number of ether oxygens (including phenoxy) is 2. The van der Waals surface area contributed by atoms with Crippen LogP contribution in [0.15, 0.2) is 18.5 Å². The normalized spacial score (nSPS) is 33.5. The summed E-state index contributed by atoms with van der Waals surface area (Å²) >= 11 is 0. The highest BCUT2D eigenvalue weighted by Crippen LogP contribution is 2.36. The van der Waals surface area contributed by atoms with Gasteiger partial charge in [0.1, 0.15) is 12.1 Å². The van der Waals surface area contributed by atoms with Gasteiger partial charge in [-0.1, -0.05) is 0 Å². The Hall–Kier alpha value is -1.77. The Bertz CT molecular complexity index is 565. The van der Waals surface area contributed by atoms with Crippen molar-refractivity contribution in [2.75, 3.05) is 26.2 Å². The van der Waals surface area contributed by atoms with Crippen LogP contribution in [0.5, 0.6) is 6.01 Å². The molecule has 4 rings (SSSR count). The fraction of sp³-hybridized carbons (Fsp3) is 0.667. The van der Waals surface area contributed by atoms with Crippen molar-refractivity contribution < 1.29 is 14.3 Å². The minimum Gasteiger partial charge on any atom is -0.458 e. The highest BCUT2D eigenvalue weighted by molar-refractivity contribution is 5.82. The van der Waals surface area contributed by atoms with Crippen LogP contribution in [-0.2, 0) is 9.53 Å². The molecule has 3 atom stereocenters. The van der Waals surface area contributed by atoms with Crippen LogP contribution in [0, 0.1) is 0 Å². The molecule has 8 nitrogen and oxygen atoms in total. The first kappa shape index (κ1) is 14.8. The number of nitrogens with one attached hydrogen (secondary N) is 2. The quantitative estimate of drug-likeness (QED) is 0.775. The predicted octanol–water partition coefficient (Wildman–Crippen LogP) is -0.518. The predicted molar refractivity (Wildman–Crippen MR) is 80.5 cm³/mol. The highest BCUT2D eigenvalue weighted by atomic mass is 16.6. The molecule has 3 unspecified atom stereocenters. The van der Waals surface area contributed by atoms with E-state index >= 15 is 0 Å². The molecular formula is C15H21N5O3. The minimum atomic E-state index is -0.277. The van der Waals surface area contributed by atoms with Crippen LogP contribution >= 0.6 is 0 Å². The van der Waals surface area contributed by atoms with Crippen molar-refractivity contribution >= 4 is 5.91 Å². The maximum atomic E-state index is 12.5. The van der Waals surface area contributed by atoms with Crippen LogP contribution in [0.3, 0.4) is 0 Å². The molecule has 0 aromatic carbocycles. The van der Waals surface area contributed by atoms with Crippen molar-refractivity contribution in [3.8, 4) is 6.01 Å². The van der Waals surface area contributed by atoms with E-state index in [0.717, 1.165) is 32.4 Å². The Morgan fingerprint density at radius 3 is 3.09 bits per heavy atom. The van der Waals surface area contributed by atoms with Gasteiger partial charge in [0.15, 0.2) is 0 Å². The summed E-state index contributed by atoms with van der Waals surface area (Å²) in [6.45, 7) is 2.73. The summed E-state index contributed by atoms with van der Waals surface area (Å²) in [5, 5.41) is 0. The van der Waals surface area contributed by atoms with Gasteiger partial charge in [-0.05, 0) is 18.9 Å². The molecule has 124 valence electrons. The van der Waals surface area contributed by atoms with Crippen molar-refractivity contribution in [2.45, 2.75) is 37.0 Å². The van der Waals surface area contributed by atoms with Crippen molar-refractivity contribution in [1.82, 2.24) is 25.7 Å². The number of hydrogen-bond donors (Lipinski definition) is 2. The maximum absolute atomic E-state index is 12.5. The first-order chi connectivity index (χ1) is 11.2. The molecule has 4 heterocycles. The molecule has 1 amide bonds. The topological polar surface area (TPSA) is 88.6 Å². The van der Waals surface area contributed by atoms with Crippen LogP contribution in [0.1, 0.15) is 19.3 Å². The van der Waals surface area contributed by atoms with E-state index in [-0.39, 0.29) is 23.7 Å². The van der Waals surface area contributed by atoms with E-state index in [2.05, 4.69) is 20.8 Å². The lowest BCUT2D eigenvalue weighted by molar-refractivity contribution is -0.133. The zero-order valence-corrected chi connectivity index (χ0v) is 12.9. The first-order valence-corrected chi connectivity index (χ1v) is 8.09. The second kappa shape index (κ2) is 6.03. The van der Waals surface area contributed by atoms with E-state index < -0.39 is 0 Å². The zero-order valence-electron chi connectivity index (χ0n) is 12.9. The van der Waals surface area contributed by atoms with E-state index in [1.54, 1.807) is 18.5 Å². The highest BCUT2D eigenvalue weighted by Gasteiger charge is 2.48. The number of hydrazine groups is 1. The van der Waals surface area contributed by atoms with E-state index in [0.29, 0.717) is 19.2 Å². The van der Waals surface area contributed by atoms with E-state index in [9.17, 15) is 4.79 Å². The van der Waals surface area contributed by atoms with E-state index in [1.807, 2.05) is 4.90 Å². The number of amides is 1. The first-order valence-electron chi connectivity index (χ1n) is 8.09.